The molecule has 0 aliphatic carbocycles. The molecule has 1 aromatic rings. The lowest BCUT2D eigenvalue weighted by Gasteiger charge is -2.27. The summed E-state index contributed by atoms with van der Waals surface area (Å²) in [6, 6.07) is 7.20. The van der Waals surface area contributed by atoms with Crippen LogP contribution in [0.1, 0.15) is 49.0 Å². The molecule has 0 aliphatic rings. The standard InChI is InChI=1S/C19H28O6/c1-3-15-6-8-16(9-7-15)18(24)14(2)25-17(23)5-4-10-19(11-20,12-21)13-22/h6-9,14,20-22H,3-5,10-13H2,1-2H3/t14-/m1/s1. The van der Waals surface area contributed by atoms with Crippen molar-refractivity contribution >= 4 is 11.8 Å². The van der Waals surface area contributed by atoms with Crippen molar-refractivity contribution in [1.29, 1.82) is 0 Å². The Morgan fingerprint density at radius 3 is 2.12 bits per heavy atom. The van der Waals surface area contributed by atoms with Crippen LogP contribution in [0.15, 0.2) is 24.3 Å². The van der Waals surface area contributed by atoms with Crippen LogP contribution in [0.2, 0.25) is 0 Å². The van der Waals surface area contributed by atoms with Crippen LogP contribution in [0, 0.1) is 5.41 Å². The second-order valence-electron chi connectivity index (χ2n) is 6.37. The second kappa shape index (κ2) is 10.3. The lowest BCUT2D eigenvalue weighted by atomic mass is 9.85. The van der Waals surface area contributed by atoms with Crippen molar-refractivity contribution in [3.63, 3.8) is 0 Å². The van der Waals surface area contributed by atoms with E-state index in [2.05, 4.69) is 0 Å². The molecule has 140 valence electrons. The van der Waals surface area contributed by atoms with Gasteiger partial charge >= 0.3 is 5.97 Å². The predicted octanol–water partition coefficient (Wildman–Crippen LogP) is 1.50. The molecule has 0 aromatic heterocycles. The van der Waals surface area contributed by atoms with Crippen molar-refractivity contribution < 1.29 is 29.6 Å². The molecule has 0 radical (unpaired) electrons. The van der Waals surface area contributed by atoms with Gasteiger partial charge in [-0.2, -0.15) is 0 Å². The lowest BCUT2D eigenvalue weighted by Crippen LogP contribution is -2.34. The fraction of sp³-hybridized carbons (Fsp3) is 0.579. The van der Waals surface area contributed by atoms with Crippen LogP contribution in [-0.2, 0) is 16.0 Å². The van der Waals surface area contributed by atoms with Gasteiger partial charge in [-0.15, -0.1) is 0 Å². The summed E-state index contributed by atoms with van der Waals surface area (Å²) in [7, 11) is 0. The molecule has 0 spiro atoms. The number of aliphatic hydroxyl groups excluding tert-OH is 3. The van der Waals surface area contributed by atoms with Crippen LogP contribution >= 0.6 is 0 Å². The zero-order valence-corrected chi connectivity index (χ0v) is 14.9. The van der Waals surface area contributed by atoms with E-state index in [1.54, 1.807) is 12.1 Å². The third kappa shape index (κ3) is 6.23. The van der Waals surface area contributed by atoms with Crippen molar-refractivity contribution in [1.82, 2.24) is 0 Å². The van der Waals surface area contributed by atoms with Crippen molar-refractivity contribution in [2.45, 2.75) is 45.6 Å². The molecule has 0 saturated heterocycles. The Morgan fingerprint density at radius 2 is 1.64 bits per heavy atom. The molecule has 0 saturated carbocycles. The van der Waals surface area contributed by atoms with Gasteiger partial charge in [0.2, 0.25) is 5.78 Å². The van der Waals surface area contributed by atoms with E-state index in [-0.39, 0.29) is 38.4 Å². The Bertz CT molecular complexity index is 539. The minimum atomic E-state index is -0.997. The Morgan fingerprint density at radius 1 is 1.08 bits per heavy atom. The van der Waals surface area contributed by atoms with E-state index in [4.69, 9.17) is 4.74 Å². The maximum Gasteiger partial charge on any atom is 0.306 e. The van der Waals surface area contributed by atoms with E-state index in [1.807, 2.05) is 19.1 Å². The quantitative estimate of drug-likeness (QED) is 0.412. The number of carbonyl (C=O) groups is 2. The van der Waals surface area contributed by atoms with E-state index in [9.17, 15) is 24.9 Å². The van der Waals surface area contributed by atoms with Gasteiger partial charge in [0, 0.05) is 17.4 Å². The van der Waals surface area contributed by atoms with Crippen LogP contribution in [0.25, 0.3) is 0 Å². The molecular weight excluding hydrogens is 324 g/mol. The molecule has 1 atom stereocenters. The molecule has 0 bridgehead atoms. The normalized spacial score (nSPS) is 12.7. The zero-order valence-electron chi connectivity index (χ0n) is 14.9. The fourth-order valence-electron chi connectivity index (χ4n) is 2.44. The van der Waals surface area contributed by atoms with E-state index < -0.39 is 17.5 Å². The Kier molecular flexibility index (Phi) is 8.75. The van der Waals surface area contributed by atoms with E-state index >= 15 is 0 Å². The van der Waals surface area contributed by atoms with Gasteiger partial charge < -0.3 is 20.1 Å². The van der Waals surface area contributed by atoms with Crippen LogP contribution in [0.5, 0.6) is 0 Å². The first-order valence-corrected chi connectivity index (χ1v) is 8.56. The molecule has 0 amide bonds. The first kappa shape index (κ1) is 21.3. The average Bonchev–Trinajstić information content (AvgIpc) is 2.65. The third-order valence-corrected chi connectivity index (χ3v) is 4.42. The molecule has 6 nitrogen and oxygen atoms in total. The van der Waals surface area contributed by atoms with Crippen molar-refractivity contribution in [3.05, 3.63) is 35.4 Å². The average molecular weight is 352 g/mol. The van der Waals surface area contributed by atoms with E-state index in [1.165, 1.54) is 6.92 Å². The van der Waals surface area contributed by atoms with Gasteiger partial charge in [-0.25, -0.2) is 0 Å². The van der Waals surface area contributed by atoms with Crippen LogP contribution in [-0.4, -0.2) is 53.0 Å². The highest BCUT2D eigenvalue weighted by Crippen LogP contribution is 2.23. The summed E-state index contributed by atoms with van der Waals surface area (Å²) in [6.45, 7) is 2.47. The molecule has 0 aliphatic heterocycles. The predicted molar refractivity (Wildman–Crippen MR) is 93.2 cm³/mol. The zero-order chi connectivity index (χ0) is 18.9. The summed E-state index contributed by atoms with van der Waals surface area (Å²) < 4.78 is 5.16. The fourth-order valence-corrected chi connectivity index (χ4v) is 2.44. The number of Topliss-reactive ketones (excluding diaryl/α,β-unsaturated/α-hetero) is 1. The van der Waals surface area contributed by atoms with Crippen molar-refractivity contribution in [3.8, 4) is 0 Å². The van der Waals surface area contributed by atoms with Crippen molar-refractivity contribution in [2.75, 3.05) is 19.8 Å². The molecule has 0 fully saturated rings. The lowest BCUT2D eigenvalue weighted by molar-refractivity contribution is -0.146. The maximum absolute atomic E-state index is 12.3. The van der Waals surface area contributed by atoms with Gasteiger partial charge in [0.25, 0.3) is 0 Å². The smallest absolute Gasteiger partial charge is 0.306 e. The highest BCUT2D eigenvalue weighted by molar-refractivity contribution is 6.00. The second-order valence-corrected chi connectivity index (χ2v) is 6.37. The number of rotatable bonds is 11. The molecule has 0 heterocycles. The van der Waals surface area contributed by atoms with Crippen LogP contribution in [0.3, 0.4) is 0 Å². The number of benzene rings is 1. The summed E-state index contributed by atoms with van der Waals surface area (Å²) in [5.74, 6) is -0.778. The Balaban J connectivity index is 2.48. The van der Waals surface area contributed by atoms with Gasteiger partial charge in [-0.3, -0.25) is 9.59 Å². The maximum atomic E-state index is 12.3. The molecule has 6 heteroatoms. The van der Waals surface area contributed by atoms with Gasteiger partial charge in [0.15, 0.2) is 6.10 Å². The Labute approximate surface area is 148 Å². The van der Waals surface area contributed by atoms with Crippen LogP contribution in [0.4, 0.5) is 0 Å². The van der Waals surface area contributed by atoms with Crippen molar-refractivity contribution in [2.24, 2.45) is 5.41 Å². The number of hydrogen-bond acceptors (Lipinski definition) is 6. The van der Waals surface area contributed by atoms with Gasteiger partial charge in [0.1, 0.15) is 0 Å². The summed E-state index contributed by atoms with van der Waals surface area (Å²) in [6.07, 6.45) is 0.682. The summed E-state index contributed by atoms with van der Waals surface area (Å²) in [5, 5.41) is 27.7. The summed E-state index contributed by atoms with van der Waals surface area (Å²) in [5.41, 5.74) is 0.627. The number of hydrogen-bond donors (Lipinski definition) is 3. The Hall–Kier alpha value is -1.76. The number of carbonyl (C=O) groups excluding carboxylic acids is 2. The molecule has 1 aromatic carbocycles. The monoisotopic (exact) mass is 352 g/mol. The van der Waals surface area contributed by atoms with E-state index in [0.717, 1.165) is 12.0 Å². The SMILES string of the molecule is CCc1ccc(C(=O)[C@@H](C)OC(=O)CCCC(CO)(CO)CO)cc1. The third-order valence-electron chi connectivity index (χ3n) is 4.42. The summed E-state index contributed by atoms with van der Waals surface area (Å²) >= 11 is 0. The minimum absolute atomic E-state index is 0.0497. The number of ketones is 1. The number of ether oxygens (including phenoxy) is 1. The first-order valence-electron chi connectivity index (χ1n) is 8.56. The van der Waals surface area contributed by atoms with Gasteiger partial charge in [-0.05, 0) is 31.7 Å². The largest absolute Gasteiger partial charge is 0.454 e. The molecular formula is C19H28O6. The summed E-state index contributed by atoms with van der Waals surface area (Å²) in [4.78, 5) is 24.2. The first-order chi connectivity index (χ1) is 11.9. The number of aliphatic hydroxyl groups is 3. The highest BCUT2D eigenvalue weighted by Gasteiger charge is 2.28. The molecule has 3 N–H and O–H groups in total. The number of esters is 1. The molecule has 0 unspecified atom stereocenters. The van der Waals surface area contributed by atoms with Gasteiger partial charge in [0.05, 0.1) is 19.8 Å². The van der Waals surface area contributed by atoms with Gasteiger partial charge in [-0.1, -0.05) is 31.2 Å². The molecule has 25 heavy (non-hydrogen) atoms. The highest BCUT2D eigenvalue weighted by atomic mass is 16.5. The topological polar surface area (TPSA) is 104 Å². The van der Waals surface area contributed by atoms with E-state index in [0.29, 0.717) is 12.0 Å². The minimum Gasteiger partial charge on any atom is -0.454 e. The molecule has 1 rings (SSSR count). The number of aryl methyl sites for hydroxylation is 1. The van der Waals surface area contributed by atoms with Crippen LogP contribution < -0.4 is 0 Å².